The van der Waals surface area contributed by atoms with Crippen LogP contribution in [-0.4, -0.2) is 38.6 Å². The van der Waals surface area contributed by atoms with Gasteiger partial charge in [-0.05, 0) is 46.5 Å². The van der Waals surface area contributed by atoms with Crippen molar-refractivity contribution < 1.29 is 9.53 Å². The van der Waals surface area contributed by atoms with Crippen molar-refractivity contribution in [2.24, 2.45) is 5.92 Å². The summed E-state index contributed by atoms with van der Waals surface area (Å²) in [6.07, 6.45) is 4.53. The molecule has 0 saturated carbocycles. The lowest BCUT2D eigenvalue weighted by atomic mass is 9.76. The normalized spacial score (nSPS) is 21.4. The maximum Gasteiger partial charge on any atom is 0.376 e. The maximum absolute atomic E-state index is 11.8. The zero-order valence-electron chi connectivity index (χ0n) is 12.5. The van der Waals surface area contributed by atoms with Gasteiger partial charge >= 0.3 is 5.97 Å². The first-order valence-corrected chi connectivity index (χ1v) is 6.86. The van der Waals surface area contributed by atoms with Crippen LogP contribution in [0, 0.1) is 5.92 Å². The minimum Gasteiger partial charge on any atom is -0.460 e. The molecule has 2 heterocycles. The molecule has 0 aromatic carbocycles. The smallest absolute Gasteiger partial charge is 0.376 e. The van der Waals surface area contributed by atoms with Crippen LogP contribution < -0.4 is 5.32 Å². The molecular weight excluding hydrogens is 256 g/mol. The van der Waals surface area contributed by atoms with Crippen molar-refractivity contribution in [1.82, 2.24) is 20.3 Å². The average Bonchev–Trinajstić information content (AvgIpc) is 2.33. The summed E-state index contributed by atoms with van der Waals surface area (Å²) in [6.45, 7) is 9.10. The second-order valence-corrected chi connectivity index (χ2v) is 6.73. The fourth-order valence-corrected chi connectivity index (χ4v) is 3.25. The van der Waals surface area contributed by atoms with Gasteiger partial charge in [-0.15, -0.1) is 0 Å². The number of ether oxygens (including phenoxy) is 1. The number of hydrogen-bond acceptors (Lipinski definition) is 6. The second kappa shape index (κ2) is 5.44. The van der Waals surface area contributed by atoms with Crippen LogP contribution in [0.25, 0.3) is 0 Å². The second-order valence-electron chi connectivity index (χ2n) is 6.73. The molecule has 2 rings (SSSR count). The van der Waals surface area contributed by atoms with Crippen LogP contribution in [0.15, 0.2) is 12.7 Å². The number of aromatic nitrogens is 3. The van der Waals surface area contributed by atoms with Crippen molar-refractivity contribution in [1.29, 1.82) is 0 Å². The molecule has 0 radical (unpaired) electrons. The van der Waals surface area contributed by atoms with Gasteiger partial charge in [-0.25, -0.2) is 19.7 Å². The topological polar surface area (TPSA) is 77.0 Å². The molecule has 1 aromatic rings. The van der Waals surface area contributed by atoms with Crippen LogP contribution >= 0.6 is 0 Å². The highest BCUT2D eigenvalue weighted by Crippen LogP contribution is 2.32. The average molecular weight is 278 g/mol. The maximum atomic E-state index is 11.8. The van der Waals surface area contributed by atoms with Crippen LogP contribution in [0.2, 0.25) is 0 Å². The molecule has 0 bridgehead atoms. The van der Waals surface area contributed by atoms with Crippen molar-refractivity contribution in [3.8, 4) is 0 Å². The Morgan fingerprint density at radius 2 is 1.80 bits per heavy atom. The van der Waals surface area contributed by atoms with Gasteiger partial charge in [0.2, 0.25) is 5.82 Å². The highest BCUT2D eigenvalue weighted by molar-refractivity contribution is 5.84. The van der Waals surface area contributed by atoms with E-state index in [1.807, 2.05) is 0 Å². The molecule has 0 spiro atoms. The number of carbonyl (C=O) groups is 1. The van der Waals surface area contributed by atoms with Crippen LogP contribution in [-0.2, 0) is 4.74 Å². The zero-order valence-corrected chi connectivity index (χ0v) is 12.5. The number of carbonyl (C=O) groups excluding carboxylic acids is 1. The minimum atomic E-state index is -0.485. The molecule has 1 aliphatic heterocycles. The zero-order chi connectivity index (χ0) is 14.8. The van der Waals surface area contributed by atoms with E-state index in [2.05, 4.69) is 48.0 Å². The predicted molar refractivity (Wildman–Crippen MR) is 74.1 cm³/mol. The molecule has 20 heavy (non-hydrogen) atoms. The van der Waals surface area contributed by atoms with Crippen molar-refractivity contribution >= 4 is 5.97 Å². The van der Waals surface area contributed by atoms with E-state index in [0.29, 0.717) is 12.5 Å². The molecular formula is C14H22N4O2. The van der Waals surface area contributed by atoms with E-state index < -0.39 is 5.97 Å². The van der Waals surface area contributed by atoms with Gasteiger partial charge in [0.05, 0.1) is 6.61 Å². The van der Waals surface area contributed by atoms with E-state index in [1.165, 1.54) is 12.7 Å². The van der Waals surface area contributed by atoms with Gasteiger partial charge in [0.1, 0.15) is 12.7 Å². The number of nitrogens with zero attached hydrogens (tertiary/aromatic N) is 3. The highest BCUT2D eigenvalue weighted by Gasteiger charge is 2.38. The van der Waals surface area contributed by atoms with E-state index in [4.69, 9.17) is 4.74 Å². The third kappa shape index (κ3) is 3.96. The van der Waals surface area contributed by atoms with Crippen molar-refractivity contribution in [2.75, 3.05) is 6.61 Å². The van der Waals surface area contributed by atoms with Gasteiger partial charge in [0.25, 0.3) is 0 Å². The molecule has 0 atom stereocenters. The Bertz CT molecular complexity index is 457. The first-order chi connectivity index (χ1) is 9.27. The summed E-state index contributed by atoms with van der Waals surface area (Å²) in [6, 6.07) is 0. The largest absolute Gasteiger partial charge is 0.460 e. The number of piperidine rings is 1. The quantitative estimate of drug-likeness (QED) is 0.846. The molecule has 0 amide bonds. The Labute approximate surface area is 119 Å². The summed E-state index contributed by atoms with van der Waals surface area (Å²) in [5.74, 6) is -0.0824. The van der Waals surface area contributed by atoms with E-state index in [-0.39, 0.29) is 16.9 Å². The molecule has 0 aliphatic carbocycles. The Kier molecular flexibility index (Phi) is 4.04. The number of esters is 1. The van der Waals surface area contributed by atoms with Crippen LogP contribution in [0.5, 0.6) is 0 Å². The lowest BCUT2D eigenvalue weighted by molar-refractivity contribution is 0.0269. The van der Waals surface area contributed by atoms with E-state index in [9.17, 15) is 4.79 Å². The summed E-state index contributed by atoms with van der Waals surface area (Å²) in [5.41, 5.74) is 0.0952. The lowest BCUT2D eigenvalue weighted by Gasteiger charge is -2.46. The third-order valence-electron chi connectivity index (χ3n) is 3.40. The van der Waals surface area contributed by atoms with Gasteiger partial charge in [0.15, 0.2) is 0 Å². The van der Waals surface area contributed by atoms with Crippen LogP contribution in [0.3, 0.4) is 0 Å². The lowest BCUT2D eigenvalue weighted by Crippen LogP contribution is -2.58. The van der Waals surface area contributed by atoms with E-state index in [1.54, 1.807) is 0 Å². The van der Waals surface area contributed by atoms with Crippen LogP contribution in [0.4, 0.5) is 0 Å². The molecule has 0 unspecified atom stereocenters. The fourth-order valence-electron chi connectivity index (χ4n) is 3.25. The van der Waals surface area contributed by atoms with Crippen molar-refractivity contribution in [3.63, 3.8) is 0 Å². The Morgan fingerprint density at radius 3 is 2.35 bits per heavy atom. The third-order valence-corrected chi connectivity index (χ3v) is 3.40. The molecule has 1 N–H and O–H groups in total. The highest BCUT2D eigenvalue weighted by atomic mass is 16.5. The Balaban J connectivity index is 1.92. The number of rotatable bonds is 3. The monoisotopic (exact) mass is 278 g/mol. The van der Waals surface area contributed by atoms with E-state index in [0.717, 1.165) is 12.8 Å². The Morgan fingerprint density at radius 1 is 1.25 bits per heavy atom. The van der Waals surface area contributed by atoms with Gasteiger partial charge in [-0.1, -0.05) is 0 Å². The summed E-state index contributed by atoms with van der Waals surface area (Å²) in [4.78, 5) is 23.1. The van der Waals surface area contributed by atoms with Crippen LogP contribution in [0.1, 0.15) is 51.2 Å². The van der Waals surface area contributed by atoms with Gasteiger partial charge < -0.3 is 10.1 Å². The molecule has 1 aromatic heterocycles. The molecule has 1 fully saturated rings. The molecule has 1 saturated heterocycles. The fraction of sp³-hybridized carbons (Fsp3) is 0.714. The Hall–Kier alpha value is -1.56. The predicted octanol–water partition coefficient (Wildman–Crippen LogP) is 1.59. The molecule has 6 nitrogen and oxygen atoms in total. The van der Waals surface area contributed by atoms with Gasteiger partial charge in [-0.2, -0.15) is 0 Å². The molecule has 1 aliphatic rings. The summed E-state index contributed by atoms with van der Waals surface area (Å²) in [7, 11) is 0. The van der Waals surface area contributed by atoms with Crippen molar-refractivity contribution in [2.45, 2.75) is 51.6 Å². The summed E-state index contributed by atoms with van der Waals surface area (Å²) >= 11 is 0. The summed E-state index contributed by atoms with van der Waals surface area (Å²) < 4.78 is 5.33. The molecule has 110 valence electrons. The SMILES string of the molecule is CC1(C)CC(COC(=O)c2ncncn2)CC(C)(C)N1. The van der Waals surface area contributed by atoms with E-state index >= 15 is 0 Å². The standard InChI is InChI=1S/C14H22N4O2/c1-13(2)5-10(6-14(3,4)18-13)7-20-12(19)11-16-8-15-9-17-11/h8-10,18H,5-7H2,1-4H3. The molecule has 6 heteroatoms. The summed E-state index contributed by atoms with van der Waals surface area (Å²) in [5, 5.41) is 3.61. The van der Waals surface area contributed by atoms with Crippen molar-refractivity contribution in [3.05, 3.63) is 18.5 Å². The number of hydrogen-bond donors (Lipinski definition) is 1. The minimum absolute atomic E-state index is 0.0476. The first kappa shape index (κ1) is 14.8. The number of nitrogens with one attached hydrogen (secondary N) is 1. The van der Waals surface area contributed by atoms with Gasteiger partial charge in [0, 0.05) is 11.1 Å². The first-order valence-electron chi connectivity index (χ1n) is 6.86. The van der Waals surface area contributed by atoms with Gasteiger partial charge in [-0.3, -0.25) is 0 Å².